The lowest BCUT2D eigenvalue weighted by Crippen LogP contribution is -2.13. The molecule has 0 aliphatic rings. The zero-order chi connectivity index (χ0) is 15.8. The number of H-pyrrole nitrogens is 1. The molecular formula is C11H11N3O5S2. The Bertz CT molecular complexity index is 866. The fourth-order valence-electron chi connectivity index (χ4n) is 1.67. The summed E-state index contributed by atoms with van der Waals surface area (Å²) in [6.45, 7) is 3.08. The lowest BCUT2D eigenvalue weighted by atomic mass is 10.2. The van der Waals surface area contributed by atoms with Crippen LogP contribution >= 0.6 is 11.3 Å². The van der Waals surface area contributed by atoms with E-state index in [0.717, 1.165) is 6.07 Å². The lowest BCUT2D eigenvalue weighted by molar-refractivity contribution is -0.384. The van der Waals surface area contributed by atoms with Gasteiger partial charge in [-0.2, -0.15) is 0 Å². The summed E-state index contributed by atoms with van der Waals surface area (Å²) in [6, 6.07) is 3.87. The molecule has 2 rings (SSSR count). The number of thiazole rings is 1. The first-order chi connectivity index (χ1) is 9.70. The number of hydrogen-bond acceptors (Lipinski definition) is 6. The quantitative estimate of drug-likeness (QED) is 0.653. The fourth-order valence-corrected chi connectivity index (χ4v) is 4.10. The Balaban J connectivity index is 2.46. The van der Waals surface area contributed by atoms with Crippen molar-refractivity contribution in [1.29, 1.82) is 0 Å². The van der Waals surface area contributed by atoms with Crippen molar-refractivity contribution < 1.29 is 13.3 Å². The van der Waals surface area contributed by atoms with Crippen molar-refractivity contribution in [2.24, 2.45) is 0 Å². The van der Waals surface area contributed by atoms with Crippen LogP contribution in [0.15, 0.2) is 27.2 Å². The van der Waals surface area contributed by atoms with Gasteiger partial charge in [0.1, 0.15) is 0 Å². The topological polar surface area (TPSA) is 122 Å². The van der Waals surface area contributed by atoms with Gasteiger partial charge in [0.15, 0.2) is 4.21 Å². The molecule has 2 N–H and O–H groups in total. The van der Waals surface area contributed by atoms with Crippen molar-refractivity contribution in [3.8, 4) is 0 Å². The minimum atomic E-state index is -3.97. The predicted octanol–water partition coefficient (Wildman–Crippen LogP) is 1.76. The van der Waals surface area contributed by atoms with E-state index in [2.05, 4.69) is 9.71 Å². The third kappa shape index (κ3) is 3.11. The minimum Gasteiger partial charge on any atom is -0.315 e. The van der Waals surface area contributed by atoms with E-state index >= 15 is 0 Å². The van der Waals surface area contributed by atoms with Crippen molar-refractivity contribution >= 4 is 32.7 Å². The normalized spacial score (nSPS) is 11.3. The highest BCUT2D eigenvalue weighted by Gasteiger charge is 2.22. The molecule has 1 heterocycles. The van der Waals surface area contributed by atoms with Crippen molar-refractivity contribution in [2.45, 2.75) is 18.1 Å². The highest BCUT2D eigenvalue weighted by molar-refractivity contribution is 7.94. The SMILES string of the molecule is Cc1ccc([N+](=O)[O-])cc1NS(=O)(=O)c1sc(=O)[nH]c1C. The van der Waals surface area contributed by atoms with Crippen LogP contribution in [0.1, 0.15) is 11.3 Å². The molecule has 0 aliphatic heterocycles. The summed E-state index contributed by atoms with van der Waals surface area (Å²) >= 11 is 0.561. The number of non-ortho nitro benzene ring substituents is 1. The number of aromatic nitrogens is 1. The second-order valence-corrected chi connectivity index (χ2v) is 7.15. The largest absolute Gasteiger partial charge is 0.315 e. The average Bonchev–Trinajstić information content (AvgIpc) is 2.71. The molecule has 112 valence electrons. The van der Waals surface area contributed by atoms with Gasteiger partial charge in [-0.05, 0) is 19.4 Å². The molecule has 8 nitrogen and oxygen atoms in total. The highest BCUT2D eigenvalue weighted by Crippen LogP contribution is 2.26. The Labute approximate surface area is 123 Å². The molecule has 2 aromatic rings. The number of nitrogens with one attached hydrogen (secondary N) is 2. The van der Waals surface area contributed by atoms with Gasteiger partial charge in [-0.1, -0.05) is 17.4 Å². The molecule has 0 saturated heterocycles. The minimum absolute atomic E-state index is 0.101. The van der Waals surface area contributed by atoms with E-state index in [9.17, 15) is 23.3 Å². The average molecular weight is 329 g/mol. The molecule has 21 heavy (non-hydrogen) atoms. The molecule has 0 amide bonds. The molecule has 0 fully saturated rings. The molecule has 0 spiro atoms. The summed E-state index contributed by atoms with van der Waals surface area (Å²) in [4.78, 5) is 23.2. The van der Waals surface area contributed by atoms with Crippen molar-refractivity contribution in [1.82, 2.24) is 4.98 Å². The van der Waals surface area contributed by atoms with Gasteiger partial charge in [0.25, 0.3) is 15.7 Å². The first-order valence-corrected chi connectivity index (χ1v) is 7.98. The Morgan fingerprint density at radius 2 is 2.00 bits per heavy atom. The van der Waals surface area contributed by atoms with Gasteiger partial charge in [-0.3, -0.25) is 19.6 Å². The number of nitro groups is 1. The Kier molecular flexibility index (Phi) is 3.83. The van der Waals surface area contributed by atoms with Gasteiger partial charge in [0, 0.05) is 17.8 Å². The van der Waals surface area contributed by atoms with Crippen LogP contribution in [0.5, 0.6) is 0 Å². The molecule has 0 aliphatic carbocycles. The Hall–Kier alpha value is -2.20. The van der Waals surface area contributed by atoms with Crippen LogP contribution < -0.4 is 9.60 Å². The molecule has 0 unspecified atom stereocenters. The monoisotopic (exact) mass is 329 g/mol. The number of nitrogens with zero attached hydrogens (tertiary/aromatic N) is 1. The van der Waals surface area contributed by atoms with Crippen molar-refractivity contribution in [2.75, 3.05) is 4.72 Å². The number of benzene rings is 1. The van der Waals surface area contributed by atoms with Crippen LogP contribution in [0, 0.1) is 24.0 Å². The van der Waals surface area contributed by atoms with Crippen molar-refractivity contribution in [3.05, 3.63) is 49.2 Å². The number of nitro benzene ring substituents is 1. The summed E-state index contributed by atoms with van der Waals surface area (Å²) < 4.78 is 26.6. The van der Waals surface area contributed by atoms with Crippen molar-refractivity contribution in [3.63, 3.8) is 0 Å². The molecule has 10 heteroatoms. The van der Waals surface area contributed by atoms with E-state index < -0.39 is 19.8 Å². The van der Waals surface area contributed by atoms with E-state index in [0.29, 0.717) is 16.9 Å². The third-order valence-corrected chi connectivity index (χ3v) is 5.67. The zero-order valence-corrected chi connectivity index (χ0v) is 12.7. The van der Waals surface area contributed by atoms with Gasteiger partial charge in [-0.25, -0.2) is 8.42 Å². The molecule has 0 radical (unpaired) electrons. The summed E-state index contributed by atoms with van der Waals surface area (Å²) in [5.74, 6) is 0. The number of aryl methyl sites for hydroxylation is 2. The Morgan fingerprint density at radius 3 is 2.52 bits per heavy atom. The summed E-state index contributed by atoms with van der Waals surface area (Å²) in [5, 5.41) is 10.7. The third-order valence-electron chi connectivity index (χ3n) is 2.70. The first kappa shape index (κ1) is 15.2. The number of sulfonamides is 1. The summed E-state index contributed by atoms with van der Waals surface area (Å²) in [7, 11) is -3.97. The van der Waals surface area contributed by atoms with Gasteiger partial charge < -0.3 is 4.98 Å². The molecule has 0 bridgehead atoms. The standard InChI is InChI=1S/C11H11N3O5S2/c1-6-3-4-8(14(16)17)5-9(6)13-21(18,19)10-7(2)12-11(15)20-10/h3-5,13H,1-2H3,(H,12,15). The number of rotatable bonds is 4. The van der Waals surface area contributed by atoms with Crippen LogP contribution in [-0.4, -0.2) is 18.3 Å². The Morgan fingerprint density at radius 1 is 1.33 bits per heavy atom. The van der Waals surface area contributed by atoms with Crippen LogP contribution in [0.2, 0.25) is 0 Å². The van der Waals surface area contributed by atoms with Gasteiger partial charge >= 0.3 is 4.87 Å². The first-order valence-electron chi connectivity index (χ1n) is 5.68. The van der Waals surface area contributed by atoms with E-state index in [1.165, 1.54) is 19.1 Å². The van der Waals surface area contributed by atoms with E-state index in [4.69, 9.17) is 0 Å². The van der Waals surface area contributed by atoms with Gasteiger partial charge in [-0.15, -0.1) is 0 Å². The van der Waals surface area contributed by atoms with Gasteiger partial charge in [0.05, 0.1) is 10.6 Å². The molecule has 0 saturated carbocycles. The van der Waals surface area contributed by atoms with Crippen LogP contribution in [0.3, 0.4) is 0 Å². The van der Waals surface area contributed by atoms with Crippen LogP contribution in [-0.2, 0) is 10.0 Å². The maximum atomic E-state index is 12.2. The van der Waals surface area contributed by atoms with Crippen LogP contribution in [0.25, 0.3) is 0 Å². The maximum absolute atomic E-state index is 12.2. The smallest absolute Gasteiger partial charge is 0.306 e. The molecular weight excluding hydrogens is 318 g/mol. The number of anilines is 1. The molecule has 1 aromatic heterocycles. The number of hydrogen-bond donors (Lipinski definition) is 2. The highest BCUT2D eigenvalue weighted by atomic mass is 32.2. The fraction of sp³-hybridized carbons (Fsp3) is 0.182. The van der Waals surface area contributed by atoms with Gasteiger partial charge in [0.2, 0.25) is 0 Å². The second kappa shape index (κ2) is 5.30. The summed E-state index contributed by atoms with van der Waals surface area (Å²) in [5.41, 5.74) is 0.632. The lowest BCUT2D eigenvalue weighted by Gasteiger charge is -2.09. The molecule has 0 atom stereocenters. The number of aromatic amines is 1. The zero-order valence-electron chi connectivity index (χ0n) is 11.0. The van der Waals surface area contributed by atoms with Crippen LogP contribution in [0.4, 0.5) is 11.4 Å². The maximum Gasteiger partial charge on any atom is 0.306 e. The summed E-state index contributed by atoms with van der Waals surface area (Å²) in [6.07, 6.45) is 0. The van der Waals surface area contributed by atoms with E-state index in [1.807, 2.05) is 0 Å². The van der Waals surface area contributed by atoms with E-state index in [1.54, 1.807) is 6.92 Å². The molecule has 1 aromatic carbocycles. The van der Waals surface area contributed by atoms with E-state index in [-0.39, 0.29) is 21.3 Å². The second-order valence-electron chi connectivity index (χ2n) is 4.29. The predicted molar refractivity (Wildman–Crippen MR) is 78.3 cm³/mol.